The first-order chi connectivity index (χ1) is 7.61. The van der Waals surface area contributed by atoms with Crippen LogP contribution in [0.25, 0.3) is 0 Å². The van der Waals surface area contributed by atoms with Crippen molar-refractivity contribution in [1.29, 1.82) is 0 Å². The minimum absolute atomic E-state index is 0.244. The van der Waals surface area contributed by atoms with Crippen molar-refractivity contribution in [3.63, 3.8) is 0 Å². The summed E-state index contributed by atoms with van der Waals surface area (Å²) in [5, 5.41) is 14.9. The van der Waals surface area contributed by atoms with E-state index >= 15 is 0 Å². The predicted molar refractivity (Wildman–Crippen MR) is 65.8 cm³/mol. The molecule has 1 fully saturated rings. The Hall–Kier alpha value is -0.810. The maximum absolute atomic E-state index is 8.47. The van der Waals surface area contributed by atoms with E-state index in [0.29, 0.717) is 12.5 Å². The predicted octanol–water partition coefficient (Wildman–Crippen LogP) is 0.585. The monoisotopic (exact) mass is 228 g/mol. The van der Waals surface area contributed by atoms with Gasteiger partial charge in [0.2, 0.25) is 0 Å². The highest BCUT2D eigenvalue weighted by Gasteiger charge is 2.16. The molecule has 0 aliphatic carbocycles. The lowest BCUT2D eigenvalue weighted by Gasteiger charge is -2.24. The SMILES string of the molecule is CC(CC(N)=NO)NC(C)CN1CCCC1. The Bertz CT molecular complexity index is 226. The Kier molecular flexibility index (Phi) is 5.55. The van der Waals surface area contributed by atoms with Crippen molar-refractivity contribution < 1.29 is 5.21 Å². The molecule has 0 saturated carbocycles. The number of rotatable bonds is 6. The maximum atomic E-state index is 8.47. The molecule has 2 atom stereocenters. The quantitative estimate of drug-likeness (QED) is 0.269. The molecule has 0 spiro atoms. The lowest BCUT2D eigenvalue weighted by molar-refractivity contribution is 0.287. The van der Waals surface area contributed by atoms with Gasteiger partial charge >= 0.3 is 0 Å². The van der Waals surface area contributed by atoms with Crippen LogP contribution in [0.5, 0.6) is 0 Å². The normalized spacial score (nSPS) is 22.2. The van der Waals surface area contributed by atoms with Gasteiger partial charge in [-0.3, -0.25) is 0 Å². The van der Waals surface area contributed by atoms with Gasteiger partial charge in [0.05, 0.1) is 0 Å². The molecule has 1 saturated heterocycles. The third-order valence-corrected chi connectivity index (χ3v) is 2.94. The molecule has 0 aromatic heterocycles. The summed E-state index contributed by atoms with van der Waals surface area (Å²) < 4.78 is 0. The lowest BCUT2D eigenvalue weighted by Crippen LogP contribution is -2.43. The van der Waals surface area contributed by atoms with Gasteiger partial charge in [0.1, 0.15) is 5.84 Å². The molecule has 0 bridgehead atoms. The second kappa shape index (κ2) is 6.70. The molecule has 1 rings (SSSR count). The number of hydrogen-bond acceptors (Lipinski definition) is 4. The zero-order valence-corrected chi connectivity index (χ0v) is 10.3. The van der Waals surface area contributed by atoms with Gasteiger partial charge in [-0.1, -0.05) is 5.16 Å². The van der Waals surface area contributed by atoms with Gasteiger partial charge < -0.3 is 21.2 Å². The summed E-state index contributed by atoms with van der Waals surface area (Å²) in [5.41, 5.74) is 5.46. The average molecular weight is 228 g/mol. The number of nitrogens with two attached hydrogens (primary N) is 1. The van der Waals surface area contributed by atoms with E-state index in [2.05, 4.69) is 29.2 Å². The fourth-order valence-electron chi connectivity index (χ4n) is 2.30. The van der Waals surface area contributed by atoms with Crippen LogP contribution in [0.3, 0.4) is 0 Å². The summed E-state index contributed by atoms with van der Waals surface area (Å²) in [7, 11) is 0. The summed E-state index contributed by atoms with van der Waals surface area (Å²) in [5.74, 6) is 0.286. The first-order valence-electron chi connectivity index (χ1n) is 6.06. The highest BCUT2D eigenvalue weighted by Crippen LogP contribution is 2.07. The van der Waals surface area contributed by atoms with Crippen molar-refractivity contribution >= 4 is 5.84 Å². The van der Waals surface area contributed by atoms with E-state index in [9.17, 15) is 0 Å². The Labute approximate surface area is 97.7 Å². The number of hydrogen-bond donors (Lipinski definition) is 3. The molecule has 5 nitrogen and oxygen atoms in total. The standard InChI is InChI=1S/C11H24N4O/c1-9(7-11(12)14-16)13-10(2)8-15-5-3-4-6-15/h9-10,13,16H,3-8H2,1-2H3,(H2,12,14). The Morgan fingerprint density at radius 3 is 2.56 bits per heavy atom. The summed E-state index contributed by atoms with van der Waals surface area (Å²) >= 11 is 0. The van der Waals surface area contributed by atoms with E-state index in [-0.39, 0.29) is 11.9 Å². The molecule has 0 radical (unpaired) electrons. The first-order valence-corrected chi connectivity index (χ1v) is 6.06. The van der Waals surface area contributed by atoms with E-state index in [0.717, 1.165) is 6.54 Å². The second-order valence-corrected chi connectivity index (χ2v) is 4.77. The molecular weight excluding hydrogens is 204 g/mol. The molecule has 2 unspecified atom stereocenters. The number of amidine groups is 1. The van der Waals surface area contributed by atoms with Gasteiger partial charge in [-0.25, -0.2) is 0 Å². The van der Waals surface area contributed by atoms with Crippen molar-refractivity contribution in [2.24, 2.45) is 10.9 Å². The highest BCUT2D eigenvalue weighted by atomic mass is 16.4. The number of oxime groups is 1. The summed E-state index contributed by atoms with van der Waals surface area (Å²) in [6, 6.07) is 0.688. The summed E-state index contributed by atoms with van der Waals surface area (Å²) in [6.07, 6.45) is 3.24. The van der Waals surface area contributed by atoms with Crippen LogP contribution >= 0.6 is 0 Å². The van der Waals surface area contributed by atoms with Crippen LogP contribution in [0.4, 0.5) is 0 Å². The Balaban J connectivity index is 2.19. The smallest absolute Gasteiger partial charge is 0.140 e. The molecule has 94 valence electrons. The van der Waals surface area contributed by atoms with Crippen LogP contribution in [-0.4, -0.2) is 47.7 Å². The van der Waals surface area contributed by atoms with Crippen LogP contribution in [0.1, 0.15) is 33.1 Å². The highest BCUT2D eigenvalue weighted by molar-refractivity contribution is 5.80. The van der Waals surface area contributed by atoms with Crippen LogP contribution in [-0.2, 0) is 0 Å². The molecule has 16 heavy (non-hydrogen) atoms. The Morgan fingerprint density at radius 1 is 1.38 bits per heavy atom. The molecule has 0 amide bonds. The molecule has 1 aliphatic heterocycles. The van der Waals surface area contributed by atoms with Crippen LogP contribution in [0.2, 0.25) is 0 Å². The van der Waals surface area contributed by atoms with Crippen LogP contribution in [0, 0.1) is 0 Å². The number of nitrogens with zero attached hydrogens (tertiary/aromatic N) is 2. The molecular formula is C11H24N4O. The van der Waals surface area contributed by atoms with Crippen molar-refractivity contribution in [2.45, 2.75) is 45.2 Å². The minimum Gasteiger partial charge on any atom is -0.409 e. The average Bonchev–Trinajstić information content (AvgIpc) is 2.69. The van der Waals surface area contributed by atoms with Crippen molar-refractivity contribution in [2.75, 3.05) is 19.6 Å². The van der Waals surface area contributed by atoms with Gasteiger partial charge in [0.15, 0.2) is 0 Å². The minimum atomic E-state index is 0.244. The van der Waals surface area contributed by atoms with Gasteiger partial charge in [-0.15, -0.1) is 0 Å². The second-order valence-electron chi connectivity index (χ2n) is 4.77. The third kappa shape index (κ3) is 4.81. The van der Waals surface area contributed by atoms with Gasteiger partial charge in [-0.2, -0.15) is 0 Å². The van der Waals surface area contributed by atoms with Crippen molar-refractivity contribution in [1.82, 2.24) is 10.2 Å². The zero-order chi connectivity index (χ0) is 12.0. The van der Waals surface area contributed by atoms with Gasteiger partial charge in [0.25, 0.3) is 0 Å². The molecule has 0 aromatic carbocycles. The fraction of sp³-hybridized carbons (Fsp3) is 0.909. The van der Waals surface area contributed by atoms with Gasteiger partial charge in [0, 0.05) is 25.0 Å². The molecule has 1 heterocycles. The number of nitrogens with one attached hydrogen (secondary N) is 1. The van der Waals surface area contributed by atoms with Gasteiger partial charge in [-0.05, 0) is 39.8 Å². The third-order valence-electron chi connectivity index (χ3n) is 2.94. The van der Waals surface area contributed by atoms with E-state index in [1.807, 2.05) is 0 Å². The van der Waals surface area contributed by atoms with Crippen LogP contribution in [0.15, 0.2) is 5.16 Å². The van der Waals surface area contributed by atoms with E-state index in [1.165, 1.54) is 25.9 Å². The first kappa shape index (κ1) is 13.3. The van der Waals surface area contributed by atoms with E-state index in [1.54, 1.807) is 0 Å². The van der Waals surface area contributed by atoms with Crippen molar-refractivity contribution in [3.05, 3.63) is 0 Å². The largest absolute Gasteiger partial charge is 0.409 e. The van der Waals surface area contributed by atoms with Crippen molar-refractivity contribution in [3.8, 4) is 0 Å². The van der Waals surface area contributed by atoms with E-state index < -0.39 is 0 Å². The Morgan fingerprint density at radius 2 is 2.00 bits per heavy atom. The molecule has 4 N–H and O–H groups in total. The maximum Gasteiger partial charge on any atom is 0.140 e. The molecule has 0 aromatic rings. The lowest BCUT2D eigenvalue weighted by atomic mass is 10.2. The summed E-state index contributed by atoms with van der Waals surface area (Å²) in [6.45, 7) is 7.77. The molecule has 1 aliphatic rings. The molecule has 5 heteroatoms. The van der Waals surface area contributed by atoms with Crippen LogP contribution < -0.4 is 11.1 Å². The number of likely N-dealkylation sites (tertiary alicyclic amines) is 1. The fourth-order valence-corrected chi connectivity index (χ4v) is 2.30. The zero-order valence-electron chi connectivity index (χ0n) is 10.3. The van der Waals surface area contributed by atoms with E-state index in [4.69, 9.17) is 10.9 Å². The topological polar surface area (TPSA) is 73.9 Å². The summed E-state index contributed by atoms with van der Waals surface area (Å²) in [4.78, 5) is 2.48.